The summed E-state index contributed by atoms with van der Waals surface area (Å²) in [6.45, 7) is 1.91. The lowest BCUT2D eigenvalue weighted by Crippen LogP contribution is -2.34. The van der Waals surface area contributed by atoms with E-state index in [0.717, 1.165) is 23.4 Å². The number of methoxy groups -OCH3 is 1. The Kier molecular flexibility index (Phi) is 6.63. The first-order chi connectivity index (χ1) is 11.6. The summed E-state index contributed by atoms with van der Waals surface area (Å²) in [4.78, 5) is 14.0. The second-order valence-electron chi connectivity index (χ2n) is 5.94. The van der Waals surface area contributed by atoms with Crippen molar-refractivity contribution < 1.29 is 9.53 Å². The van der Waals surface area contributed by atoms with Gasteiger partial charge in [0.2, 0.25) is 0 Å². The van der Waals surface area contributed by atoms with Crippen molar-refractivity contribution >= 4 is 6.03 Å². The Labute approximate surface area is 143 Å². The molecule has 0 aromatic heterocycles. The van der Waals surface area contributed by atoms with Crippen molar-refractivity contribution in [3.05, 3.63) is 65.2 Å². The molecule has 0 fully saturated rings. The first-order valence-corrected chi connectivity index (χ1v) is 7.94. The molecule has 128 valence electrons. The number of nitrogens with zero attached hydrogens (tertiary/aromatic N) is 1. The molecule has 0 bridgehead atoms. The van der Waals surface area contributed by atoms with Gasteiger partial charge in [-0.15, -0.1) is 0 Å². The van der Waals surface area contributed by atoms with Gasteiger partial charge in [-0.2, -0.15) is 0 Å². The van der Waals surface area contributed by atoms with Crippen molar-refractivity contribution in [2.75, 3.05) is 21.2 Å². The number of carbonyl (C=O) groups is 1. The number of hydrogen-bond donors (Lipinski definition) is 2. The molecular weight excluding hydrogens is 302 g/mol. The molecular formula is C19H25N3O2. The summed E-state index contributed by atoms with van der Waals surface area (Å²) in [5.41, 5.74) is 3.36. The molecule has 2 N–H and O–H groups in total. The molecule has 0 saturated heterocycles. The van der Waals surface area contributed by atoms with E-state index in [9.17, 15) is 4.79 Å². The Bertz CT molecular complexity index is 637. The lowest BCUT2D eigenvalue weighted by Gasteiger charge is -2.11. The van der Waals surface area contributed by atoms with E-state index in [2.05, 4.69) is 27.7 Å². The molecule has 0 spiro atoms. The fourth-order valence-corrected chi connectivity index (χ4v) is 2.30. The van der Waals surface area contributed by atoms with Crippen LogP contribution in [0.3, 0.4) is 0 Å². The Morgan fingerprint density at radius 1 is 0.875 bits per heavy atom. The number of nitrogens with one attached hydrogen (secondary N) is 2. The van der Waals surface area contributed by atoms with Crippen molar-refractivity contribution in [1.82, 2.24) is 15.5 Å². The predicted molar refractivity (Wildman–Crippen MR) is 95.9 cm³/mol. The van der Waals surface area contributed by atoms with Gasteiger partial charge in [0.1, 0.15) is 5.75 Å². The topological polar surface area (TPSA) is 53.6 Å². The quantitative estimate of drug-likeness (QED) is 0.822. The average molecular weight is 327 g/mol. The van der Waals surface area contributed by atoms with Crippen LogP contribution in [-0.2, 0) is 19.6 Å². The van der Waals surface area contributed by atoms with Crippen molar-refractivity contribution in [1.29, 1.82) is 0 Å². The highest BCUT2D eigenvalue weighted by Crippen LogP contribution is 2.11. The molecule has 2 rings (SSSR count). The van der Waals surface area contributed by atoms with Crippen molar-refractivity contribution in [3.63, 3.8) is 0 Å². The monoisotopic (exact) mass is 327 g/mol. The minimum Gasteiger partial charge on any atom is -0.497 e. The Morgan fingerprint density at radius 2 is 1.33 bits per heavy atom. The number of urea groups is 1. The lowest BCUT2D eigenvalue weighted by molar-refractivity contribution is 0.240. The van der Waals surface area contributed by atoms with Gasteiger partial charge in [0, 0.05) is 19.6 Å². The maximum Gasteiger partial charge on any atom is 0.315 e. The largest absolute Gasteiger partial charge is 0.497 e. The first kappa shape index (κ1) is 17.8. The van der Waals surface area contributed by atoms with Gasteiger partial charge in [0.15, 0.2) is 0 Å². The van der Waals surface area contributed by atoms with Crippen LogP contribution in [0.2, 0.25) is 0 Å². The molecule has 0 radical (unpaired) electrons. The van der Waals surface area contributed by atoms with Gasteiger partial charge in [-0.1, -0.05) is 36.4 Å². The highest BCUT2D eigenvalue weighted by Gasteiger charge is 2.02. The maximum absolute atomic E-state index is 11.9. The maximum atomic E-state index is 11.9. The van der Waals surface area contributed by atoms with Crippen molar-refractivity contribution in [3.8, 4) is 5.75 Å². The Morgan fingerprint density at radius 3 is 1.79 bits per heavy atom. The second kappa shape index (κ2) is 8.93. The molecule has 0 atom stereocenters. The van der Waals surface area contributed by atoms with Crippen LogP contribution in [0.5, 0.6) is 5.75 Å². The summed E-state index contributed by atoms with van der Waals surface area (Å²) in [7, 11) is 5.72. The molecule has 0 unspecified atom stereocenters. The standard InChI is InChI=1S/C19H25N3O2/c1-22(2)14-17-6-4-15(5-7-17)12-20-19(23)21-13-16-8-10-18(24-3)11-9-16/h4-11H,12-14H2,1-3H3,(H2,20,21,23). The van der Waals surface area contributed by atoms with Crippen LogP contribution in [0.15, 0.2) is 48.5 Å². The molecule has 0 saturated carbocycles. The Hall–Kier alpha value is -2.53. The molecule has 24 heavy (non-hydrogen) atoms. The highest BCUT2D eigenvalue weighted by atomic mass is 16.5. The number of hydrogen-bond acceptors (Lipinski definition) is 3. The molecule has 2 amide bonds. The first-order valence-electron chi connectivity index (χ1n) is 7.94. The minimum atomic E-state index is -0.178. The van der Waals surface area contributed by atoms with Crippen LogP contribution in [0.4, 0.5) is 4.79 Å². The zero-order valence-electron chi connectivity index (χ0n) is 14.5. The molecule has 2 aromatic carbocycles. The van der Waals surface area contributed by atoms with E-state index in [1.165, 1.54) is 5.56 Å². The van der Waals surface area contributed by atoms with Gasteiger partial charge < -0.3 is 20.3 Å². The molecule has 0 heterocycles. The van der Waals surface area contributed by atoms with E-state index in [0.29, 0.717) is 13.1 Å². The molecule has 0 aliphatic rings. The highest BCUT2D eigenvalue weighted by molar-refractivity contribution is 5.73. The van der Waals surface area contributed by atoms with Crippen molar-refractivity contribution in [2.24, 2.45) is 0 Å². The smallest absolute Gasteiger partial charge is 0.315 e. The fourth-order valence-electron chi connectivity index (χ4n) is 2.30. The molecule has 2 aromatic rings. The van der Waals surface area contributed by atoms with Crippen LogP contribution in [-0.4, -0.2) is 32.1 Å². The van der Waals surface area contributed by atoms with E-state index in [1.807, 2.05) is 50.5 Å². The number of benzene rings is 2. The third-order valence-corrected chi connectivity index (χ3v) is 3.59. The summed E-state index contributed by atoms with van der Waals surface area (Å²) in [5.74, 6) is 0.806. The van der Waals surface area contributed by atoms with Crippen LogP contribution < -0.4 is 15.4 Å². The van der Waals surface area contributed by atoms with Crippen LogP contribution in [0, 0.1) is 0 Å². The third kappa shape index (κ3) is 5.93. The van der Waals surface area contributed by atoms with E-state index >= 15 is 0 Å². The summed E-state index contributed by atoms with van der Waals surface area (Å²) >= 11 is 0. The van der Waals surface area contributed by atoms with Crippen LogP contribution in [0.1, 0.15) is 16.7 Å². The van der Waals surface area contributed by atoms with Gasteiger partial charge in [0.05, 0.1) is 7.11 Å². The zero-order chi connectivity index (χ0) is 17.4. The molecule has 5 nitrogen and oxygen atoms in total. The predicted octanol–water partition coefficient (Wildman–Crippen LogP) is 2.76. The van der Waals surface area contributed by atoms with Crippen molar-refractivity contribution in [2.45, 2.75) is 19.6 Å². The molecule has 5 heteroatoms. The molecule has 0 aliphatic heterocycles. The van der Waals surface area contributed by atoms with E-state index < -0.39 is 0 Å². The second-order valence-corrected chi connectivity index (χ2v) is 5.94. The van der Waals surface area contributed by atoms with Gasteiger partial charge >= 0.3 is 6.03 Å². The third-order valence-electron chi connectivity index (χ3n) is 3.59. The zero-order valence-corrected chi connectivity index (χ0v) is 14.5. The average Bonchev–Trinajstić information content (AvgIpc) is 2.59. The van der Waals surface area contributed by atoms with E-state index in [4.69, 9.17) is 4.74 Å². The number of ether oxygens (including phenoxy) is 1. The number of amides is 2. The van der Waals surface area contributed by atoms with Gasteiger partial charge in [-0.05, 0) is 42.9 Å². The number of rotatable bonds is 7. The SMILES string of the molecule is COc1ccc(CNC(=O)NCc2ccc(CN(C)C)cc2)cc1. The fraction of sp³-hybridized carbons (Fsp3) is 0.316. The Balaban J connectivity index is 1.74. The normalized spacial score (nSPS) is 10.5. The minimum absolute atomic E-state index is 0.178. The van der Waals surface area contributed by atoms with Crippen LogP contribution in [0.25, 0.3) is 0 Å². The summed E-state index contributed by atoms with van der Waals surface area (Å²) in [6.07, 6.45) is 0. The van der Waals surface area contributed by atoms with Gasteiger partial charge in [-0.25, -0.2) is 4.79 Å². The van der Waals surface area contributed by atoms with E-state index in [1.54, 1.807) is 7.11 Å². The van der Waals surface area contributed by atoms with Gasteiger partial charge in [0.25, 0.3) is 0 Å². The molecule has 0 aliphatic carbocycles. The summed E-state index contributed by atoms with van der Waals surface area (Å²) < 4.78 is 5.11. The van der Waals surface area contributed by atoms with E-state index in [-0.39, 0.29) is 6.03 Å². The summed E-state index contributed by atoms with van der Waals surface area (Å²) in [6, 6.07) is 15.7. The number of carbonyl (C=O) groups excluding carboxylic acids is 1. The summed E-state index contributed by atoms with van der Waals surface area (Å²) in [5, 5.41) is 5.71. The lowest BCUT2D eigenvalue weighted by atomic mass is 10.1. The van der Waals surface area contributed by atoms with Gasteiger partial charge in [-0.3, -0.25) is 0 Å². The van der Waals surface area contributed by atoms with Crippen LogP contribution >= 0.6 is 0 Å².